The largest absolute Gasteiger partial charge is 0.0616 e. The van der Waals surface area contributed by atoms with Gasteiger partial charge < -0.3 is 0 Å². The first-order chi connectivity index (χ1) is 11.2. The van der Waals surface area contributed by atoms with Gasteiger partial charge in [0.15, 0.2) is 0 Å². The molecule has 0 amide bonds. The van der Waals surface area contributed by atoms with E-state index in [0.717, 1.165) is 6.42 Å². The Morgan fingerprint density at radius 1 is 0.739 bits per heavy atom. The summed E-state index contributed by atoms with van der Waals surface area (Å²) in [4.78, 5) is 0. The highest BCUT2D eigenvalue weighted by atomic mass is 14.3. The van der Waals surface area contributed by atoms with Crippen LogP contribution < -0.4 is 0 Å². The molecular weight excluding hydrogens is 276 g/mol. The highest BCUT2D eigenvalue weighted by molar-refractivity contribution is 6.07. The van der Waals surface area contributed by atoms with Crippen LogP contribution in [0.3, 0.4) is 0 Å². The second-order valence-corrected chi connectivity index (χ2v) is 6.73. The van der Waals surface area contributed by atoms with Gasteiger partial charge in [0, 0.05) is 0 Å². The molecule has 0 heterocycles. The minimum absolute atomic E-state index is 1.07. The summed E-state index contributed by atoms with van der Waals surface area (Å²) in [6, 6.07) is 22.5. The molecule has 1 aliphatic carbocycles. The third-order valence-electron chi connectivity index (χ3n) is 5.48. The van der Waals surface area contributed by atoms with Gasteiger partial charge in [-0.05, 0) is 87.3 Å². The maximum Gasteiger partial charge on any atom is -0.00105 e. The molecule has 0 nitrogen and oxygen atoms in total. The predicted octanol–water partition coefficient (Wildman–Crippen LogP) is 6.18. The van der Waals surface area contributed by atoms with Gasteiger partial charge in [-0.2, -0.15) is 0 Å². The normalized spacial score (nSPS) is 12.6. The van der Waals surface area contributed by atoms with Crippen molar-refractivity contribution in [1.82, 2.24) is 0 Å². The van der Waals surface area contributed by atoms with Crippen LogP contribution in [0.25, 0.3) is 32.7 Å². The molecule has 0 saturated heterocycles. The van der Waals surface area contributed by atoms with Crippen molar-refractivity contribution in [2.45, 2.75) is 20.3 Å². The predicted molar refractivity (Wildman–Crippen MR) is 99.2 cm³/mol. The monoisotopic (exact) mass is 294 g/mol. The van der Waals surface area contributed by atoms with Crippen molar-refractivity contribution in [3.63, 3.8) is 0 Å². The smallest absolute Gasteiger partial charge is 0.00105 e. The van der Waals surface area contributed by atoms with Crippen LogP contribution in [-0.2, 0) is 6.42 Å². The fourth-order valence-corrected chi connectivity index (χ4v) is 4.05. The lowest BCUT2D eigenvalue weighted by molar-refractivity contribution is 1.19. The maximum atomic E-state index is 2.37. The van der Waals surface area contributed by atoms with Crippen LogP contribution in [0.1, 0.15) is 22.3 Å². The fraction of sp³-hybridized carbons (Fsp3) is 0.130. The maximum absolute atomic E-state index is 2.37. The van der Waals surface area contributed by atoms with Gasteiger partial charge in [-0.3, -0.25) is 0 Å². The zero-order chi connectivity index (χ0) is 15.6. The van der Waals surface area contributed by atoms with Crippen molar-refractivity contribution in [3.05, 3.63) is 82.9 Å². The van der Waals surface area contributed by atoms with Crippen molar-refractivity contribution >= 4 is 21.5 Å². The molecule has 5 rings (SSSR count). The van der Waals surface area contributed by atoms with E-state index >= 15 is 0 Å². The standard InChI is InChI=1S/C23H18/c1-14-7-10-20-21(15(14)2)13-19-9-8-18-11-16-5-3-4-6-17(16)12-22(18)23(19)20/h3-12H,13H2,1-2H3. The molecule has 0 N–H and O–H groups in total. The van der Waals surface area contributed by atoms with E-state index in [4.69, 9.17) is 0 Å². The van der Waals surface area contributed by atoms with Crippen LogP contribution in [0.15, 0.2) is 60.7 Å². The second kappa shape index (κ2) is 4.45. The summed E-state index contributed by atoms with van der Waals surface area (Å²) < 4.78 is 0. The number of rotatable bonds is 0. The molecule has 0 saturated carbocycles. The first kappa shape index (κ1) is 12.9. The van der Waals surface area contributed by atoms with Crippen LogP contribution in [-0.4, -0.2) is 0 Å². The van der Waals surface area contributed by atoms with Gasteiger partial charge in [-0.25, -0.2) is 0 Å². The fourth-order valence-electron chi connectivity index (χ4n) is 4.05. The van der Waals surface area contributed by atoms with Gasteiger partial charge in [0.2, 0.25) is 0 Å². The number of hydrogen-bond acceptors (Lipinski definition) is 0. The summed E-state index contributed by atoms with van der Waals surface area (Å²) in [6.07, 6.45) is 1.07. The molecule has 0 heteroatoms. The van der Waals surface area contributed by atoms with Crippen molar-refractivity contribution in [3.8, 4) is 11.1 Å². The van der Waals surface area contributed by atoms with Crippen LogP contribution in [0.2, 0.25) is 0 Å². The van der Waals surface area contributed by atoms with Gasteiger partial charge in [-0.1, -0.05) is 48.5 Å². The topological polar surface area (TPSA) is 0 Å². The van der Waals surface area contributed by atoms with E-state index in [9.17, 15) is 0 Å². The van der Waals surface area contributed by atoms with Crippen LogP contribution in [0.4, 0.5) is 0 Å². The Morgan fingerprint density at radius 2 is 1.52 bits per heavy atom. The molecule has 4 aromatic carbocycles. The van der Waals surface area contributed by atoms with Crippen molar-refractivity contribution < 1.29 is 0 Å². The molecule has 1 aliphatic rings. The molecule has 4 aromatic rings. The molecule has 0 spiro atoms. The SMILES string of the molecule is Cc1ccc2c(c1C)Cc1ccc3cc4ccccc4cc3c1-2. The minimum atomic E-state index is 1.07. The zero-order valence-electron chi connectivity index (χ0n) is 13.5. The number of fused-ring (bicyclic) bond motifs is 6. The lowest BCUT2D eigenvalue weighted by Gasteiger charge is -2.10. The number of aryl methyl sites for hydroxylation is 1. The summed E-state index contributed by atoms with van der Waals surface area (Å²) in [5, 5.41) is 5.38. The van der Waals surface area contributed by atoms with E-state index in [2.05, 4.69) is 74.5 Å². The molecule has 0 fully saturated rings. The van der Waals surface area contributed by atoms with Crippen molar-refractivity contribution in [2.24, 2.45) is 0 Å². The van der Waals surface area contributed by atoms with E-state index in [1.807, 2.05) is 0 Å². The van der Waals surface area contributed by atoms with Gasteiger partial charge in [0.1, 0.15) is 0 Å². The Morgan fingerprint density at radius 3 is 2.35 bits per heavy atom. The molecule has 0 atom stereocenters. The lowest BCUT2D eigenvalue weighted by Crippen LogP contribution is -1.89. The molecule has 0 unspecified atom stereocenters. The number of hydrogen-bond donors (Lipinski definition) is 0. The minimum Gasteiger partial charge on any atom is -0.0616 e. The molecular formula is C23H18. The van der Waals surface area contributed by atoms with E-state index < -0.39 is 0 Å². The van der Waals surface area contributed by atoms with Crippen LogP contribution in [0.5, 0.6) is 0 Å². The molecule has 0 radical (unpaired) electrons. The second-order valence-electron chi connectivity index (χ2n) is 6.73. The summed E-state index contributed by atoms with van der Waals surface area (Å²) in [5.74, 6) is 0. The quantitative estimate of drug-likeness (QED) is 0.299. The molecule has 0 aliphatic heterocycles. The van der Waals surface area contributed by atoms with E-state index in [1.165, 1.54) is 54.9 Å². The Kier molecular flexibility index (Phi) is 2.50. The zero-order valence-corrected chi connectivity index (χ0v) is 13.5. The summed E-state index contributed by atoms with van der Waals surface area (Å²) in [7, 11) is 0. The van der Waals surface area contributed by atoms with Gasteiger partial charge in [-0.15, -0.1) is 0 Å². The lowest BCUT2D eigenvalue weighted by atomic mass is 9.94. The molecule has 0 aromatic heterocycles. The van der Waals surface area contributed by atoms with Gasteiger partial charge in [0.25, 0.3) is 0 Å². The third kappa shape index (κ3) is 1.72. The third-order valence-corrected chi connectivity index (χ3v) is 5.48. The highest BCUT2D eigenvalue weighted by Gasteiger charge is 2.22. The summed E-state index contributed by atoms with van der Waals surface area (Å²) in [5.41, 5.74) is 8.71. The molecule has 0 bridgehead atoms. The van der Waals surface area contributed by atoms with Crippen LogP contribution >= 0.6 is 0 Å². The average Bonchev–Trinajstić information content (AvgIpc) is 2.96. The van der Waals surface area contributed by atoms with E-state index in [-0.39, 0.29) is 0 Å². The summed E-state index contributed by atoms with van der Waals surface area (Å²) >= 11 is 0. The summed E-state index contributed by atoms with van der Waals surface area (Å²) in [6.45, 7) is 4.47. The Balaban J connectivity index is 1.92. The average molecular weight is 294 g/mol. The van der Waals surface area contributed by atoms with E-state index in [0.29, 0.717) is 0 Å². The van der Waals surface area contributed by atoms with Gasteiger partial charge in [0.05, 0.1) is 0 Å². The first-order valence-corrected chi connectivity index (χ1v) is 8.26. The van der Waals surface area contributed by atoms with E-state index in [1.54, 1.807) is 0 Å². The van der Waals surface area contributed by atoms with Crippen molar-refractivity contribution in [1.29, 1.82) is 0 Å². The van der Waals surface area contributed by atoms with Crippen LogP contribution in [0, 0.1) is 13.8 Å². The Labute approximate surface area is 136 Å². The molecule has 110 valence electrons. The Hall–Kier alpha value is -2.60. The Bertz CT molecular complexity index is 1100. The number of benzene rings is 4. The molecule has 23 heavy (non-hydrogen) atoms. The highest BCUT2D eigenvalue weighted by Crippen LogP contribution is 2.43. The van der Waals surface area contributed by atoms with Crippen molar-refractivity contribution in [2.75, 3.05) is 0 Å². The van der Waals surface area contributed by atoms with Gasteiger partial charge >= 0.3 is 0 Å². The first-order valence-electron chi connectivity index (χ1n) is 8.26.